The third-order valence-corrected chi connectivity index (χ3v) is 5.14. The number of amides is 1. The van der Waals surface area contributed by atoms with Crippen molar-refractivity contribution in [3.63, 3.8) is 0 Å². The molecule has 1 amide bonds. The van der Waals surface area contributed by atoms with E-state index in [9.17, 15) is 14.4 Å². The highest BCUT2D eigenvalue weighted by atomic mass is 16.8. The average Bonchev–Trinajstić information content (AvgIpc) is 3.17. The fourth-order valence-electron chi connectivity index (χ4n) is 3.71. The summed E-state index contributed by atoms with van der Waals surface area (Å²) in [7, 11) is 0. The summed E-state index contributed by atoms with van der Waals surface area (Å²) in [6, 6.07) is 6.62. The number of hydroxylamine groups is 1. The third-order valence-electron chi connectivity index (χ3n) is 5.14. The van der Waals surface area contributed by atoms with Crippen LogP contribution in [0.1, 0.15) is 54.0 Å². The molecule has 1 aliphatic heterocycles. The number of hydrogen-bond donors (Lipinski definition) is 2. The number of ether oxygens (including phenoxy) is 4. The lowest BCUT2D eigenvalue weighted by Crippen LogP contribution is -2.31. The second-order valence-corrected chi connectivity index (χ2v) is 8.14. The molecule has 34 heavy (non-hydrogen) atoms. The molecule has 1 unspecified atom stereocenters. The fraction of sp³-hybridized carbons (Fsp3) is 0.458. The van der Waals surface area contributed by atoms with Crippen molar-refractivity contribution in [2.45, 2.75) is 46.0 Å². The predicted molar refractivity (Wildman–Crippen MR) is 122 cm³/mol. The summed E-state index contributed by atoms with van der Waals surface area (Å²) in [5.41, 5.74) is 10.2. The van der Waals surface area contributed by atoms with Gasteiger partial charge in [0.05, 0.1) is 43.1 Å². The molecule has 3 N–H and O–H groups in total. The molecular weight excluding hydrogens is 444 g/mol. The normalized spacial score (nSPS) is 16.9. The summed E-state index contributed by atoms with van der Waals surface area (Å²) < 4.78 is 21.3. The number of anilines is 1. The average molecular weight is 475 g/mol. The lowest BCUT2D eigenvalue weighted by Gasteiger charge is -2.16. The van der Waals surface area contributed by atoms with E-state index >= 15 is 0 Å². The summed E-state index contributed by atoms with van der Waals surface area (Å²) >= 11 is 0. The maximum absolute atomic E-state index is 12.6. The summed E-state index contributed by atoms with van der Waals surface area (Å²) in [4.78, 5) is 42.7. The Morgan fingerprint density at radius 1 is 1.03 bits per heavy atom. The van der Waals surface area contributed by atoms with Gasteiger partial charge in [-0.25, -0.2) is 15.1 Å². The standard InChI is InChI=1S/C24H30N2O8/c1-5-30-22(28)19-16-9-7-14(8-10-17(16)20(21(19)25)23(29)31-6-2)11-18(27)26-33-13-15-12-32-24(3,4)34-15/h7-10,15H,5-6,11-13,25H2,1-4H3,(H,26,27). The quantitative estimate of drug-likeness (QED) is 0.415. The molecule has 0 aromatic rings. The van der Waals surface area contributed by atoms with Gasteiger partial charge in [0.1, 0.15) is 12.7 Å². The van der Waals surface area contributed by atoms with Gasteiger partial charge in [-0.1, -0.05) is 24.3 Å². The molecule has 1 fully saturated rings. The zero-order valence-corrected chi connectivity index (χ0v) is 19.8. The molecule has 184 valence electrons. The largest absolute Gasteiger partial charge is 0.462 e. The Kier molecular flexibility index (Phi) is 8.08. The Morgan fingerprint density at radius 3 is 2.06 bits per heavy atom. The van der Waals surface area contributed by atoms with Crippen molar-refractivity contribution in [3.05, 3.63) is 41.0 Å². The van der Waals surface area contributed by atoms with Gasteiger partial charge in [0.15, 0.2) is 5.79 Å². The molecule has 1 atom stereocenters. The van der Waals surface area contributed by atoms with Crippen LogP contribution in [0.25, 0.3) is 11.1 Å². The smallest absolute Gasteiger partial charge is 0.340 e. The second-order valence-electron chi connectivity index (χ2n) is 8.14. The van der Waals surface area contributed by atoms with Gasteiger partial charge in [-0.05, 0) is 44.4 Å². The fourth-order valence-corrected chi connectivity index (χ4v) is 3.71. The van der Waals surface area contributed by atoms with Gasteiger partial charge in [0.2, 0.25) is 5.91 Å². The highest BCUT2D eigenvalue weighted by Gasteiger charge is 2.33. The minimum atomic E-state index is -0.670. The van der Waals surface area contributed by atoms with Crippen molar-refractivity contribution < 1.29 is 38.2 Å². The van der Waals surface area contributed by atoms with Gasteiger partial charge in [-0.15, -0.1) is 0 Å². The topological polar surface area (TPSA) is 135 Å². The van der Waals surface area contributed by atoms with Crippen LogP contribution in [0.3, 0.4) is 0 Å². The van der Waals surface area contributed by atoms with E-state index in [1.807, 2.05) is 0 Å². The van der Waals surface area contributed by atoms with Crippen LogP contribution in [-0.2, 0) is 35.0 Å². The van der Waals surface area contributed by atoms with Crippen molar-refractivity contribution in [2.75, 3.05) is 32.2 Å². The maximum atomic E-state index is 12.6. The number of carbonyl (C=O) groups is 3. The molecule has 0 radical (unpaired) electrons. The molecule has 0 aromatic heterocycles. The highest BCUT2D eigenvalue weighted by Crippen LogP contribution is 2.39. The van der Waals surface area contributed by atoms with Crippen molar-refractivity contribution in [1.29, 1.82) is 0 Å². The van der Waals surface area contributed by atoms with Crippen molar-refractivity contribution in [2.24, 2.45) is 0 Å². The SMILES string of the molecule is CCOC(=O)c1c2ccc(CC(=O)NOCC3COC(C)(C)O3)ccc-2c(C(=O)OCC)c1N. The van der Waals surface area contributed by atoms with Crippen LogP contribution in [0, 0.1) is 0 Å². The number of fused-ring (bicyclic) bond motifs is 1. The first-order chi connectivity index (χ1) is 16.2. The number of esters is 2. The summed E-state index contributed by atoms with van der Waals surface area (Å²) in [5, 5.41) is 0. The highest BCUT2D eigenvalue weighted by molar-refractivity contribution is 6.15. The van der Waals surface area contributed by atoms with E-state index in [4.69, 9.17) is 29.5 Å². The molecule has 3 aliphatic rings. The molecule has 10 heteroatoms. The molecular formula is C24H30N2O8. The van der Waals surface area contributed by atoms with Crippen LogP contribution in [-0.4, -0.2) is 56.2 Å². The Hall–Kier alpha value is -3.21. The van der Waals surface area contributed by atoms with E-state index in [1.165, 1.54) is 0 Å². The lowest BCUT2D eigenvalue weighted by atomic mass is 10.1. The first kappa shape index (κ1) is 25.4. The minimum absolute atomic E-state index is 0.00372. The van der Waals surface area contributed by atoms with Crippen molar-refractivity contribution >= 4 is 23.5 Å². The summed E-state index contributed by atoms with van der Waals surface area (Å²) in [5.74, 6) is -2.32. The monoisotopic (exact) mass is 474 g/mol. The predicted octanol–water partition coefficient (Wildman–Crippen LogP) is 2.47. The van der Waals surface area contributed by atoms with Gasteiger partial charge in [-0.2, -0.15) is 0 Å². The second kappa shape index (κ2) is 10.8. The Labute approximate surface area is 197 Å². The van der Waals surface area contributed by atoms with Crippen LogP contribution < -0.4 is 11.2 Å². The molecule has 3 rings (SSSR count). The summed E-state index contributed by atoms with van der Waals surface area (Å²) in [6.07, 6.45) is -0.271. The molecule has 1 saturated heterocycles. The Balaban J connectivity index is 1.77. The van der Waals surface area contributed by atoms with Crippen LogP contribution in [0.2, 0.25) is 0 Å². The van der Waals surface area contributed by atoms with Crippen LogP contribution >= 0.6 is 0 Å². The molecule has 0 aromatic carbocycles. The number of carbonyl (C=O) groups excluding carboxylic acids is 3. The van der Waals surface area contributed by atoms with Gasteiger partial charge in [0.25, 0.3) is 0 Å². The molecule has 0 spiro atoms. The van der Waals surface area contributed by atoms with Gasteiger partial charge >= 0.3 is 11.9 Å². The van der Waals surface area contributed by atoms with Crippen LogP contribution in [0.15, 0.2) is 24.3 Å². The first-order valence-electron chi connectivity index (χ1n) is 11.1. The number of nitrogens with two attached hydrogens (primary N) is 1. The van der Waals surface area contributed by atoms with Gasteiger partial charge in [-0.3, -0.25) is 9.63 Å². The number of hydrogen-bond acceptors (Lipinski definition) is 9. The Bertz CT molecular complexity index is 980. The molecule has 2 aliphatic carbocycles. The molecule has 1 heterocycles. The van der Waals surface area contributed by atoms with Crippen LogP contribution in [0.5, 0.6) is 0 Å². The number of rotatable bonds is 9. The summed E-state index contributed by atoms with van der Waals surface area (Å²) in [6.45, 7) is 7.80. The van der Waals surface area contributed by atoms with Crippen molar-refractivity contribution in [3.8, 4) is 11.1 Å². The first-order valence-corrected chi connectivity index (χ1v) is 11.1. The number of nitrogen functional groups attached to an aromatic ring is 1. The zero-order valence-electron chi connectivity index (χ0n) is 19.8. The lowest BCUT2D eigenvalue weighted by molar-refractivity contribution is -0.153. The maximum Gasteiger partial charge on any atom is 0.340 e. The molecule has 10 nitrogen and oxygen atoms in total. The van der Waals surface area contributed by atoms with E-state index in [0.717, 1.165) is 0 Å². The van der Waals surface area contributed by atoms with E-state index < -0.39 is 17.7 Å². The minimum Gasteiger partial charge on any atom is -0.462 e. The van der Waals surface area contributed by atoms with E-state index in [0.29, 0.717) is 23.3 Å². The van der Waals surface area contributed by atoms with Crippen molar-refractivity contribution in [1.82, 2.24) is 5.48 Å². The third kappa shape index (κ3) is 5.82. The van der Waals surface area contributed by atoms with Crippen LogP contribution in [0.4, 0.5) is 5.69 Å². The zero-order chi connectivity index (χ0) is 24.9. The van der Waals surface area contributed by atoms with Gasteiger partial charge in [0, 0.05) is 0 Å². The van der Waals surface area contributed by atoms with E-state index in [2.05, 4.69) is 5.48 Å². The van der Waals surface area contributed by atoms with E-state index in [1.54, 1.807) is 52.0 Å². The Morgan fingerprint density at radius 2 is 1.59 bits per heavy atom. The molecule has 0 saturated carbocycles. The number of nitrogens with one attached hydrogen (secondary N) is 1. The van der Waals surface area contributed by atoms with E-state index in [-0.39, 0.29) is 55.1 Å². The van der Waals surface area contributed by atoms with Gasteiger partial charge < -0.3 is 24.7 Å². The molecule has 0 bridgehead atoms.